The summed E-state index contributed by atoms with van der Waals surface area (Å²) in [7, 11) is 0. The van der Waals surface area contributed by atoms with Crippen LogP contribution in [0.1, 0.15) is 19.3 Å². The molecule has 4 N–H and O–H groups in total. The molecule has 2 amide bonds. The van der Waals surface area contributed by atoms with Crippen molar-refractivity contribution >= 4 is 11.8 Å². The van der Waals surface area contributed by atoms with E-state index in [1.807, 2.05) is 0 Å². The molecule has 1 rings (SSSR count). The molecule has 0 spiro atoms. The summed E-state index contributed by atoms with van der Waals surface area (Å²) >= 11 is 0. The lowest BCUT2D eigenvalue weighted by molar-refractivity contribution is -0.123. The van der Waals surface area contributed by atoms with Gasteiger partial charge in [-0.05, 0) is 31.8 Å². The van der Waals surface area contributed by atoms with Gasteiger partial charge in [0.2, 0.25) is 11.8 Å². The highest BCUT2D eigenvalue weighted by Crippen LogP contribution is 2.15. The number of hydrogen-bond donors (Lipinski definition) is 3. The summed E-state index contributed by atoms with van der Waals surface area (Å²) in [5.74, 6) is 0.0494. The van der Waals surface area contributed by atoms with Gasteiger partial charge in [-0.1, -0.05) is 0 Å². The molecule has 0 aromatic carbocycles. The van der Waals surface area contributed by atoms with Gasteiger partial charge in [0.05, 0.1) is 6.61 Å². The second-order valence-electron chi connectivity index (χ2n) is 4.27. The lowest BCUT2D eigenvalue weighted by atomic mass is 9.94. The van der Waals surface area contributed by atoms with Crippen molar-refractivity contribution in [2.45, 2.75) is 19.3 Å². The van der Waals surface area contributed by atoms with Crippen LogP contribution in [0.25, 0.3) is 0 Å². The quantitative estimate of drug-likeness (QED) is 0.500. The van der Waals surface area contributed by atoms with Crippen LogP contribution in [-0.4, -0.2) is 44.7 Å². The zero-order chi connectivity index (χ0) is 12.5. The van der Waals surface area contributed by atoms with E-state index in [1.54, 1.807) is 0 Å². The van der Waals surface area contributed by atoms with E-state index in [9.17, 15) is 9.59 Å². The first kappa shape index (κ1) is 13.9. The van der Waals surface area contributed by atoms with Crippen LogP contribution in [0, 0.1) is 5.92 Å². The predicted molar refractivity (Wildman–Crippen MR) is 63.2 cm³/mol. The van der Waals surface area contributed by atoms with Crippen molar-refractivity contribution in [1.82, 2.24) is 10.6 Å². The second kappa shape index (κ2) is 8.03. The van der Waals surface area contributed by atoms with E-state index in [0.717, 1.165) is 25.9 Å². The number of ether oxygens (including phenoxy) is 1. The molecule has 17 heavy (non-hydrogen) atoms. The third-order valence-electron chi connectivity index (χ3n) is 2.75. The van der Waals surface area contributed by atoms with Gasteiger partial charge in [0.25, 0.3) is 0 Å². The van der Waals surface area contributed by atoms with Gasteiger partial charge in [-0.25, -0.2) is 0 Å². The molecule has 0 saturated carbocycles. The summed E-state index contributed by atoms with van der Waals surface area (Å²) in [6.07, 6.45) is 2.70. The first-order valence-corrected chi connectivity index (χ1v) is 6.02. The number of carbonyl (C=O) groups is 2. The van der Waals surface area contributed by atoms with Crippen LogP contribution in [0.3, 0.4) is 0 Å². The minimum Gasteiger partial charge on any atom is -0.370 e. The van der Waals surface area contributed by atoms with E-state index >= 15 is 0 Å². The van der Waals surface area contributed by atoms with Crippen molar-refractivity contribution in [2.24, 2.45) is 11.7 Å². The van der Waals surface area contributed by atoms with Crippen LogP contribution in [0.5, 0.6) is 0 Å². The Labute approximate surface area is 101 Å². The molecule has 1 heterocycles. The number of nitrogens with two attached hydrogens (primary N) is 1. The molecule has 1 saturated heterocycles. The van der Waals surface area contributed by atoms with E-state index in [-0.39, 0.29) is 12.5 Å². The van der Waals surface area contributed by atoms with Gasteiger partial charge < -0.3 is 21.1 Å². The van der Waals surface area contributed by atoms with Crippen LogP contribution >= 0.6 is 0 Å². The molecule has 0 aromatic heterocycles. The smallest absolute Gasteiger partial charge is 0.243 e. The summed E-state index contributed by atoms with van der Waals surface area (Å²) in [5, 5.41) is 6.03. The molecule has 0 aromatic rings. The minimum absolute atomic E-state index is 0.0552. The average Bonchev–Trinajstić information content (AvgIpc) is 2.29. The maximum absolute atomic E-state index is 11.5. The Morgan fingerprint density at radius 2 is 2.06 bits per heavy atom. The topological polar surface area (TPSA) is 93.5 Å². The molecule has 0 aliphatic carbocycles. The summed E-state index contributed by atoms with van der Waals surface area (Å²) in [5.41, 5.74) is 4.90. The first-order chi connectivity index (χ1) is 8.18. The standard InChI is InChI=1S/C11H21N3O3/c12-10(15)8-17-6-5-14-11(16)7-9-1-3-13-4-2-9/h9,13H,1-8H2,(H2,12,15)(H,14,16). The fourth-order valence-electron chi connectivity index (χ4n) is 1.86. The van der Waals surface area contributed by atoms with Gasteiger partial charge in [-0.3, -0.25) is 9.59 Å². The van der Waals surface area contributed by atoms with Gasteiger partial charge >= 0.3 is 0 Å². The van der Waals surface area contributed by atoms with Gasteiger partial charge in [0.15, 0.2) is 0 Å². The lowest BCUT2D eigenvalue weighted by Crippen LogP contribution is -2.33. The summed E-state index contributed by atoms with van der Waals surface area (Å²) in [4.78, 5) is 21.9. The predicted octanol–water partition coefficient (Wildman–Crippen LogP) is -1.01. The molecule has 1 fully saturated rings. The molecular weight excluding hydrogens is 222 g/mol. The Bertz CT molecular complexity index is 252. The van der Waals surface area contributed by atoms with Crippen molar-refractivity contribution in [3.05, 3.63) is 0 Å². The number of piperidine rings is 1. The van der Waals surface area contributed by atoms with E-state index < -0.39 is 5.91 Å². The van der Waals surface area contributed by atoms with Crippen LogP contribution < -0.4 is 16.4 Å². The highest BCUT2D eigenvalue weighted by Gasteiger charge is 2.16. The molecular formula is C11H21N3O3. The number of hydrogen-bond acceptors (Lipinski definition) is 4. The number of rotatable bonds is 7. The third kappa shape index (κ3) is 6.91. The maximum Gasteiger partial charge on any atom is 0.243 e. The van der Waals surface area contributed by atoms with Gasteiger partial charge in [0, 0.05) is 13.0 Å². The fraction of sp³-hybridized carbons (Fsp3) is 0.818. The Kier molecular flexibility index (Phi) is 6.57. The Morgan fingerprint density at radius 1 is 1.35 bits per heavy atom. The van der Waals surface area contributed by atoms with E-state index in [1.165, 1.54) is 0 Å². The van der Waals surface area contributed by atoms with Crippen molar-refractivity contribution < 1.29 is 14.3 Å². The number of primary amides is 1. The van der Waals surface area contributed by atoms with Crippen LogP contribution in [0.4, 0.5) is 0 Å². The second-order valence-corrected chi connectivity index (χ2v) is 4.27. The van der Waals surface area contributed by atoms with Gasteiger partial charge in [0.1, 0.15) is 6.61 Å². The zero-order valence-corrected chi connectivity index (χ0v) is 10.0. The van der Waals surface area contributed by atoms with Crippen molar-refractivity contribution in [3.8, 4) is 0 Å². The van der Waals surface area contributed by atoms with Crippen molar-refractivity contribution in [1.29, 1.82) is 0 Å². The number of carbonyl (C=O) groups excluding carboxylic acids is 2. The summed E-state index contributed by atoms with van der Waals surface area (Å²) in [6.45, 7) is 2.65. The monoisotopic (exact) mass is 243 g/mol. The van der Waals surface area contributed by atoms with Crippen LogP contribution in [-0.2, 0) is 14.3 Å². The molecule has 0 radical (unpaired) electrons. The normalized spacial score (nSPS) is 16.7. The molecule has 0 unspecified atom stereocenters. The minimum atomic E-state index is -0.494. The average molecular weight is 243 g/mol. The summed E-state index contributed by atoms with van der Waals surface area (Å²) < 4.78 is 4.94. The number of nitrogens with one attached hydrogen (secondary N) is 2. The highest BCUT2D eigenvalue weighted by atomic mass is 16.5. The molecule has 98 valence electrons. The Morgan fingerprint density at radius 3 is 2.71 bits per heavy atom. The molecule has 0 bridgehead atoms. The fourth-order valence-corrected chi connectivity index (χ4v) is 1.86. The Hall–Kier alpha value is -1.14. The van der Waals surface area contributed by atoms with E-state index in [0.29, 0.717) is 25.5 Å². The van der Waals surface area contributed by atoms with E-state index in [2.05, 4.69) is 10.6 Å². The highest BCUT2D eigenvalue weighted by molar-refractivity contribution is 5.76. The maximum atomic E-state index is 11.5. The molecule has 0 atom stereocenters. The lowest BCUT2D eigenvalue weighted by Gasteiger charge is -2.21. The van der Waals surface area contributed by atoms with Gasteiger partial charge in [-0.2, -0.15) is 0 Å². The van der Waals surface area contributed by atoms with Crippen molar-refractivity contribution in [2.75, 3.05) is 32.8 Å². The number of amides is 2. The van der Waals surface area contributed by atoms with Crippen molar-refractivity contribution in [3.63, 3.8) is 0 Å². The molecule has 6 heteroatoms. The third-order valence-corrected chi connectivity index (χ3v) is 2.75. The summed E-state index contributed by atoms with van der Waals surface area (Å²) in [6, 6.07) is 0. The van der Waals surface area contributed by atoms with Crippen LogP contribution in [0.2, 0.25) is 0 Å². The van der Waals surface area contributed by atoms with Crippen LogP contribution in [0.15, 0.2) is 0 Å². The largest absolute Gasteiger partial charge is 0.370 e. The Balaban J connectivity index is 1.98. The first-order valence-electron chi connectivity index (χ1n) is 6.02. The molecule has 6 nitrogen and oxygen atoms in total. The zero-order valence-electron chi connectivity index (χ0n) is 10.0. The SMILES string of the molecule is NC(=O)COCCNC(=O)CC1CCNCC1. The van der Waals surface area contributed by atoms with E-state index in [4.69, 9.17) is 10.5 Å². The van der Waals surface area contributed by atoms with Gasteiger partial charge in [-0.15, -0.1) is 0 Å². The molecule has 1 aliphatic heterocycles. The molecule has 1 aliphatic rings.